The Kier molecular flexibility index (Phi) is 12.8. The Morgan fingerprint density at radius 2 is 0.621 bits per heavy atom. The molecule has 2 heterocycles. The van der Waals surface area contributed by atoms with Crippen molar-refractivity contribution in [2.75, 3.05) is 0 Å². The molecule has 0 bridgehead atoms. The van der Waals surface area contributed by atoms with E-state index in [-0.39, 0.29) is 33.4 Å². The summed E-state index contributed by atoms with van der Waals surface area (Å²) in [5.74, 6) is -5.81. The molecule has 14 heteroatoms. The molecule has 2 aliphatic rings. The molecule has 0 aromatic heterocycles. The van der Waals surface area contributed by atoms with E-state index in [2.05, 4.69) is 0 Å². The van der Waals surface area contributed by atoms with Gasteiger partial charge in [0.1, 0.15) is 0 Å². The third kappa shape index (κ3) is 8.53. The van der Waals surface area contributed by atoms with Crippen LogP contribution in [0.3, 0.4) is 0 Å². The fraction of sp³-hybridized carbons (Fsp3) is 0.182. The monoisotopic (exact) mass is 1000 g/mol. The molecule has 12 nitrogen and oxygen atoms in total. The average molecular weight is 998 g/mol. The van der Waals surface area contributed by atoms with E-state index < -0.39 is 82.9 Å². The first-order valence-corrected chi connectivity index (χ1v) is 28.6. The molecule has 6 rings (SSSR count). The van der Waals surface area contributed by atoms with Gasteiger partial charge in [-0.1, -0.05) is 0 Å². The molecule has 296 valence electrons. The van der Waals surface area contributed by atoms with Crippen LogP contribution in [0.5, 0.6) is 0 Å². The third-order valence-corrected chi connectivity index (χ3v) is 26.1. The number of benzene rings is 4. The second kappa shape index (κ2) is 17.6. The number of carbonyl (C=O) groups excluding carboxylic acids is 6. The summed E-state index contributed by atoms with van der Waals surface area (Å²) in [5, 5.41) is 0. The number of hydrogen-bond acceptors (Lipinski definition) is 12. The fourth-order valence-electron chi connectivity index (χ4n) is 6.41. The van der Waals surface area contributed by atoms with Crippen LogP contribution < -0.4 is 0 Å². The molecule has 58 heavy (non-hydrogen) atoms. The van der Waals surface area contributed by atoms with Crippen LogP contribution in [0.1, 0.15) is 71.7 Å². The SMILES string of the molecule is CC1=C(C)C(=O)[O][Sn]([O]C(=O)/C(C)=C(/C)C(=O)[O][Sn]2([CH](c3ccccc3)c3ccccc3)[O]C(=O)C(C)=C(C)C(=O)[O]2)([CH](c2ccccc2)c2ccccc2)[O]C1=O. The summed E-state index contributed by atoms with van der Waals surface area (Å²) in [5.41, 5.74) is 1.56. The average Bonchev–Trinajstić information content (AvgIpc) is 3.35. The molecular weight excluding hydrogens is 958 g/mol. The van der Waals surface area contributed by atoms with Gasteiger partial charge in [0.05, 0.1) is 0 Å². The standard InChI is InChI=1S/2C13H11.3C6H8O4.2Sn/c2*1-3-7-12(8-4-1)11-13-9-5-2-6-10-13;3*1-3(5(7)8)4(2)6(9)10;;/h2*1-11H;3*1-2H3,(H,7,8)(H,9,10);;/q;;;;;2*+3/p-6/b;;4-3-;;;;. The third-order valence-electron chi connectivity index (χ3n) is 10.2. The zero-order chi connectivity index (χ0) is 41.8. The molecule has 0 aliphatic carbocycles. The van der Waals surface area contributed by atoms with Gasteiger partial charge in [-0.25, -0.2) is 0 Å². The fourth-order valence-corrected chi connectivity index (χ4v) is 23.1. The molecule has 0 atom stereocenters. The van der Waals surface area contributed by atoms with Crippen molar-refractivity contribution < 1.29 is 47.2 Å². The van der Waals surface area contributed by atoms with E-state index in [0.29, 0.717) is 22.3 Å². The summed E-state index contributed by atoms with van der Waals surface area (Å²) in [4.78, 5) is 83.3. The van der Waals surface area contributed by atoms with Crippen molar-refractivity contribution in [3.8, 4) is 0 Å². The molecule has 0 fully saturated rings. The molecule has 0 spiro atoms. The van der Waals surface area contributed by atoms with Crippen molar-refractivity contribution in [1.29, 1.82) is 0 Å². The number of hydrogen-bond donors (Lipinski definition) is 0. The summed E-state index contributed by atoms with van der Waals surface area (Å²) < 4.78 is 34.8. The maximum absolute atomic E-state index is 14.4. The van der Waals surface area contributed by atoms with Gasteiger partial charge in [-0.15, -0.1) is 0 Å². The van der Waals surface area contributed by atoms with Gasteiger partial charge >= 0.3 is 349 Å². The van der Waals surface area contributed by atoms with Crippen molar-refractivity contribution in [1.82, 2.24) is 0 Å². The predicted octanol–water partition coefficient (Wildman–Crippen LogP) is 6.90. The first-order chi connectivity index (χ1) is 27.7. The Bertz CT molecular complexity index is 2070. The molecule has 0 saturated heterocycles. The van der Waals surface area contributed by atoms with Gasteiger partial charge in [0.2, 0.25) is 0 Å². The molecule has 0 amide bonds. The van der Waals surface area contributed by atoms with Crippen molar-refractivity contribution in [2.24, 2.45) is 0 Å². The van der Waals surface area contributed by atoms with E-state index >= 15 is 0 Å². The van der Waals surface area contributed by atoms with E-state index in [0.717, 1.165) is 0 Å². The molecule has 0 radical (unpaired) electrons. The Morgan fingerprint density at radius 3 is 0.828 bits per heavy atom. The zero-order valence-corrected chi connectivity index (χ0v) is 38.3. The van der Waals surface area contributed by atoms with Gasteiger partial charge in [-0.05, 0) is 0 Å². The Labute approximate surface area is 346 Å². The Hall–Kier alpha value is -5.48. The minimum absolute atomic E-state index is 0.0110. The van der Waals surface area contributed by atoms with E-state index in [9.17, 15) is 28.8 Å². The topological polar surface area (TPSA) is 158 Å². The second-order valence-corrected chi connectivity index (χ2v) is 27.5. The summed E-state index contributed by atoms with van der Waals surface area (Å²) in [7, 11) is 0. The summed E-state index contributed by atoms with van der Waals surface area (Å²) in [6, 6.07) is 35.0. The van der Waals surface area contributed by atoms with Crippen molar-refractivity contribution in [3.05, 3.63) is 177 Å². The quantitative estimate of drug-likeness (QED) is 0.120. The zero-order valence-electron chi connectivity index (χ0n) is 32.6. The van der Waals surface area contributed by atoms with Gasteiger partial charge in [-0.3, -0.25) is 0 Å². The van der Waals surface area contributed by atoms with Crippen LogP contribution >= 0.6 is 0 Å². The summed E-state index contributed by atoms with van der Waals surface area (Å²) in [6.07, 6.45) is 0. The predicted molar refractivity (Wildman–Crippen MR) is 213 cm³/mol. The molecule has 2 aliphatic heterocycles. The van der Waals surface area contributed by atoms with E-state index in [4.69, 9.17) is 18.4 Å². The number of rotatable bonds is 10. The Morgan fingerprint density at radius 1 is 0.414 bits per heavy atom. The van der Waals surface area contributed by atoms with Gasteiger partial charge in [0, 0.05) is 0 Å². The van der Waals surface area contributed by atoms with Gasteiger partial charge in [-0.2, -0.15) is 0 Å². The second-order valence-electron chi connectivity index (χ2n) is 13.8. The van der Waals surface area contributed by atoms with E-state index in [1.165, 1.54) is 41.5 Å². The van der Waals surface area contributed by atoms with Crippen LogP contribution in [0.25, 0.3) is 0 Å². The maximum atomic E-state index is 14.4. The van der Waals surface area contributed by atoms with Gasteiger partial charge < -0.3 is 0 Å². The van der Waals surface area contributed by atoms with Gasteiger partial charge in [0.15, 0.2) is 0 Å². The molecule has 4 aromatic rings. The van der Waals surface area contributed by atoms with E-state index in [1.54, 1.807) is 121 Å². The number of carbonyl (C=O) groups is 6. The summed E-state index contributed by atoms with van der Waals surface area (Å²) in [6.45, 7) is 8.25. The normalized spacial score (nSPS) is 17.0. The molecular formula is C44H40O12Sn2. The van der Waals surface area contributed by atoms with Crippen molar-refractivity contribution in [3.63, 3.8) is 0 Å². The van der Waals surface area contributed by atoms with Crippen LogP contribution in [-0.2, 0) is 47.2 Å². The van der Waals surface area contributed by atoms with Crippen LogP contribution in [-0.4, -0.2) is 75.1 Å². The van der Waals surface area contributed by atoms with Crippen LogP contribution in [0.15, 0.2) is 155 Å². The van der Waals surface area contributed by atoms with Crippen LogP contribution in [0.2, 0.25) is 0 Å². The minimum atomic E-state index is -5.97. The first kappa shape index (κ1) is 42.1. The van der Waals surface area contributed by atoms with Crippen LogP contribution in [0.4, 0.5) is 0 Å². The molecule has 0 saturated carbocycles. The first-order valence-electron chi connectivity index (χ1n) is 18.3. The Balaban J connectivity index is 1.45. The summed E-state index contributed by atoms with van der Waals surface area (Å²) >= 11 is -11.9. The van der Waals surface area contributed by atoms with Gasteiger partial charge in [0.25, 0.3) is 0 Å². The van der Waals surface area contributed by atoms with Crippen molar-refractivity contribution >= 4 is 75.1 Å². The van der Waals surface area contributed by atoms with Crippen LogP contribution in [0, 0.1) is 0 Å². The molecule has 0 N–H and O–H groups in total. The molecule has 4 aromatic carbocycles. The molecule has 0 unspecified atom stereocenters. The van der Waals surface area contributed by atoms with E-state index in [1.807, 2.05) is 0 Å². The van der Waals surface area contributed by atoms with Crippen molar-refractivity contribution in [2.45, 2.75) is 49.4 Å².